The highest BCUT2D eigenvalue weighted by molar-refractivity contribution is 7.07. The molecule has 36 valence electrons. The summed E-state index contributed by atoms with van der Waals surface area (Å²) >= 11 is 1.29. The summed E-state index contributed by atoms with van der Waals surface area (Å²) in [6, 6.07) is 0. The van der Waals surface area contributed by atoms with Crippen molar-refractivity contribution < 1.29 is 0 Å². The molecule has 0 aliphatic heterocycles. The maximum Gasteiger partial charge on any atom is 0.368 e. The van der Waals surface area contributed by atoms with Crippen LogP contribution in [0.4, 0.5) is 0 Å². The van der Waals surface area contributed by atoms with Crippen molar-refractivity contribution in [3.8, 4) is 0 Å². The molecule has 3 nitrogen and oxygen atoms in total. The fourth-order valence-corrected chi connectivity index (χ4v) is 0.568. The van der Waals surface area contributed by atoms with E-state index < -0.39 is 5.69 Å². The number of hydrogen-bond donors (Lipinski definition) is 0. The maximum absolute atomic E-state index is 10.1. The summed E-state index contributed by atoms with van der Waals surface area (Å²) in [4.78, 5) is 16.7. The Bertz CT molecular complexity index is 179. The Hall–Kier alpha value is -0.770. The van der Waals surface area contributed by atoms with Crippen LogP contribution in [-0.2, 0) is 0 Å². The third-order valence-corrected chi connectivity index (χ3v) is 0.902. The standard InChI is InChI=1S/C3H2N2OS/c6-3-4-1-7-2-5-3/h1-2H. The van der Waals surface area contributed by atoms with Crippen molar-refractivity contribution in [2.75, 3.05) is 0 Å². The van der Waals surface area contributed by atoms with Crippen molar-refractivity contribution in [1.82, 2.24) is 9.97 Å². The minimum atomic E-state index is -0.418. The zero-order valence-corrected chi connectivity index (χ0v) is 4.18. The lowest BCUT2D eigenvalue weighted by Crippen LogP contribution is -2.04. The Balaban J connectivity index is 3.28. The maximum atomic E-state index is 10.1. The van der Waals surface area contributed by atoms with Crippen LogP contribution >= 0.6 is 11.3 Å². The first kappa shape index (κ1) is 4.39. The average molecular weight is 114 g/mol. The van der Waals surface area contributed by atoms with Crippen LogP contribution in [0.5, 0.6) is 0 Å². The largest absolute Gasteiger partial charge is 0.368 e. The second-order valence-electron chi connectivity index (χ2n) is 0.888. The summed E-state index contributed by atoms with van der Waals surface area (Å²) in [5, 5.41) is 0. The summed E-state index contributed by atoms with van der Waals surface area (Å²) in [5.74, 6) is 0. The van der Waals surface area contributed by atoms with Crippen LogP contribution in [0, 0.1) is 0 Å². The molecule has 0 aromatic carbocycles. The van der Waals surface area contributed by atoms with Crippen LogP contribution in [0.1, 0.15) is 0 Å². The topological polar surface area (TPSA) is 42.9 Å². The van der Waals surface area contributed by atoms with Gasteiger partial charge in [0.2, 0.25) is 0 Å². The van der Waals surface area contributed by atoms with Gasteiger partial charge in [0.05, 0.1) is 11.0 Å². The molecule has 0 saturated carbocycles. The number of hydrogen-bond acceptors (Lipinski definition) is 4. The second-order valence-corrected chi connectivity index (χ2v) is 1.58. The first-order chi connectivity index (χ1) is 3.39. The van der Waals surface area contributed by atoms with E-state index in [2.05, 4.69) is 9.97 Å². The van der Waals surface area contributed by atoms with Crippen molar-refractivity contribution in [2.24, 2.45) is 0 Å². The normalized spacial score (nSPS) is 8.57. The molecule has 0 aliphatic carbocycles. The van der Waals surface area contributed by atoms with Gasteiger partial charge in [0, 0.05) is 0 Å². The minimum absolute atomic E-state index is 0.418. The molecule has 0 fully saturated rings. The van der Waals surface area contributed by atoms with Gasteiger partial charge in [-0.3, -0.25) is 0 Å². The SMILES string of the molecule is O=c1ncscn1. The molecule has 0 atom stereocenters. The zero-order valence-electron chi connectivity index (χ0n) is 3.37. The molecule has 1 rings (SSSR count). The van der Waals surface area contributed by atoms with E-state index in [1.165, 1.54) is 22.4 Å². The molecule has 1 aromatic heterocycles. The Morgan fingerprint density at radius 3 is 2.29 bits per heavy atom. The van der Waals surface area contributed by atoms with Gasteiger partial charge in [-0.05, 0) is 0 Å². The van der Waals surface area contributed by atoms with Crippen molar-refractivity contribution in [2.45, 2.75) is 0 Å². The quantitative estimate of drug-likeness (QED) is 0.473. The lowest BCUT2D eigenvalue weighted by Gasteiger charge is -1.69. The second kappa shape index (κ2) is 1.79. The summed E-state index contributed by atoms with van der Waals surface area (Å²) in [7, 11) is 0. The molecule has 0 bridgehead atoms. The molecule has 0 unspecified atom stereocenters. The molecule has 0 saturated heterocycles. The smallest absolute Gasteiger partial charge is 0.244 e. The van der Waals surface area contributed by atoms with E-state index >= 15 is 0 Å². The minimum Gasteiger partial charge on any atom is -0.244 e. The van der Waals surface area contributed by atoms with E-state index in [9.17, 15) is 4.79 Å². The van der Waals surface area contributed by atoms with Crippen LogP contribution in [0.15, 0.2) is 15.8 Å². The van der Waals surface area contributed by atoms with Crippen molar-refractivity contribution >= 4 is 11.3 Å². The third kappa shape index (κ3) is 1.04. The van der Waals surface area contributed by atoms with Gasteiger partial charge >= 0.3 is 5.69 Å². The van der Waals surface area contributed by atoms with E-state index in [0.717, 1.165) is 0 Å². The fourth-order valence-electron chi connectivity index (χ4n) is 0.212. The molecule has 0 spiro atoms. The third-order valence-electron chi connectivity index (χ3n) is 0.448. The monoisotopic (exact) mass is 114 g/mol. The highest BCUT2D eigenvalue weighted by Gasteiger charge is 1.74. The predicted octanol–water partition coefficient (Wildman–Crippen LogP) is -0.102. The first-order valence-corrected chi connectivity index (χ1v) is 2.58. The lowest BCUT2D eigenvalue weighted by molar-refractivity contribution is 1.12. The first-order valence-electron chi connectivity index (χ1n) is 1.64. The van der Waals surface area contributed by atoms with Crippen LogP contribution in [0.3, 0.4) is 0 Å². The average Bonchev–Trinajstić information content (AvgIpc) is 1.69. The van der Waals surface area contributed by atoms with Gasteiger partial charge < -0.3 is 0 Å². The van der Waals surface area contributed by atoms with Crippen molar-refractivity contribution in [3.63, 3.8) is 0 Å². The van der Waals surface area contributed by atoms with E-state index in [1.54, 1.807) is 0 Å². The van der Waals surface area contributed by atoms with Crippen molar-refractivity contribution in [1.29, 1.82) is 0 Å². The molecular weight excluding hydrogens is 112 g/mol. The Labute approximate surface area is 43.7 Å². The number of aromatic nitrogens is 2. The molecule has 1 heterocycles. The summed E-state index contributed by atoms with van der Waals surface area (Å²) in [6.07, 6.45) is 0. The fraction of sp³-hybridized carbons (Fsp3) is 0. The predicted molar refractivity (Wildman–Crippen MR) is 26.2 cm³/mol. The number of rotatable bonds is 0. The van der Waals surface area contributed by atoms with Gasteiger partial charge in [-0.15, -0.1) is 11.3 Å². The molecular formula is C3H2N2OS. The van der Waals surface area contributed by atoms with Gasteiger partial charge in [0.15, 0.2) is 0 Å². The summed E-state index contributed by atoms with van der Waals surface area (Å²) in [6.45, 7) is 0. The molecule has 0 radical (unpaired) electrons. The van der Waals surface area contributed by atoms with Gasteiger partial charge in [-0.1, -0.05) is 0 Å². The van der Waals surface area contributed by atoms with Gasteiger partial charge in [-0.2, -0.15) is 9.97 Å². The highest BCUT2D eigenvalue weighted by atomic mass is 32.1. The highest BCUT2D eigenvalue weighted by Crippen LogP contribution is 1.77. The van der Waals surface area contributed by atoms with Crippen LogP contribution in [0.2, 0.25) is 0 Å². The Morgan fingerprint density at radius 1 is 1.43 bits per heavy atom. The van der Waals surface area contributed by atoms with E-state index in [1.807, 2.05) is 0 Å². The molecule has 1 aromatic rings. The molecule has 0 aliphatic rings. The van der Waals surface area contributed by atoms with E-state index in [0.29, 0.717) is 0 Å². The van der Waals surface area contributed by atoms with Crippen LogP contribution < -0.4 is 5.69 Å². The summed E-state index contributed by atoms with van der Waals surface area (Å²) in [5.41, 5.74) is 2.49. The van der Waals surface area contributed by atoms with Gasteiger partial charge in [0.1, 0.15) is 0 Å². The lowest BCUT2D eigenvalue weighted by atomic mass is 11.2. The van der Waals surface area contributed by atoms with Crippen LogP contribution in [-0.4, -0.2) is 9.97 Å². The molecule has 0 N–H and O–H groups in total. The van der Waals surface area contributed by atoms with Gasteiger partial charge in [-0.25, -0.2) is 4.79 Å². The Kier molecular flexibility index (Phi) is 1.12. The zero-order chi connectivity index (χ0) is 5.11. The summed E-state index contributed by atoms with van der Waals surface area (Å²) < 4.78 is 0. The van der Waals surface area contributed by atoms with E-state index in [4.69, 9.17) is 0 Å². The molecule has 0 amide bonds. The van der Waals surface area contributed by atoms with Crippen molar-refractivity contribution in [3.05, 3.63) is 21.5 Å². The van der Waals surface area contributed by atoms with E-state index in [-0.39, 0.29) is 0 Å². The molecule has 4 heteroatoms. The van der Waals surface area contributed by atoms with Crippen LogP contribution in [0.25, 0.3) is 0 Å². The Morgan fingerprint density at radius 2 is 2.00 bits per heavy atom. The van der Waals surface area contributed by atoms with Gasteiger partial charge in [0.25, 0.3) is 0 Å². The molecule has 7 heavy (non-hydrogen) atoms. The number of nitrogens with zero attached hydrogens (tertiary/aromatic N) is 2.